The summed E-state index contributed by atoms with van der Waals surface area (Å²) in [5, 5.41) is 33.0. The van der Waals surface area contributed by atoms with E-state index < -0.39 is 153 Å². The smallest absolute Gasteiger partial charge is 0.387 e. The van der Waals surface area contributed by atoms with Crippen LogP contribution in [0.15, 0.2) is 45.6 Å². The van der Waals surface area contributed by atoms with Crippen LogP contribution in [0.2, 0.25) is 0 Å². The number of amides is 1. The van der Waals surface area contributed by atoms with Gasteiger partial charge >= 0.3 is 42.4 Å². The van der Waals surface area contributed by atoms with Gasteiger partial charge in [0.1, 0.15) is 54.1 Å². The Hall–Kier alpha value is -5.07. The van der Waals surface area contributed by atoms with Gasteiger partial charge in [-0.3, -0.25) is 51.7 Å². The lowest BCUT2D eigenvalue weighted by molar-refractivity contribution is -0.745. The summed E-state index contributed by atoms with van der Waals surface area (Å²) in [6.45, 7) is -1.49. The molecule has 3 saturated heterocycles. The summed E-state index contributed by atoms with van der Waals surface area (Å²) in [7, 11) is -19.5. The first kappa shape index (κ1) is 58.1. The molecule has 1 amide bonds. The van der Waals surface area contributed by atoms with E-state index in [1.807, 2.05) is 4.98 Å². The van der Waals surface area contributed by atoms with E-state index in [-0.39, 0.29) is 40.6 Å². The number of aliphatic hydroxyl groups excluding tert-OH is 3. The van der Waals surface area contributed by atoms with Crippen molar-refractivity contribution < 1.29 is 104 Å². The van der Waals surface area contributed by atoms with Crippen LogP contribution < -0.4 is 32.8 Å². The number of ether oxygens (including phenoxy) is 4. The molecule has 13 N–H and O–H groups in total. The van der Waals surface area contributed by atoms with Crippen molar-refractivity contribution in [2.75, 3.05) is 52.0 Å². The number of nitrogens with two attached hydrogens (primary N) is 2. The Kier molecular flexibility index (Phi) is 16.8. The number of hydrogen-bond donors (Lipinski definition) is 11. The molecule has 5 aromatic rings. The number of nitrogen functional groups attached to an aromatic ring is 2. The Bertz CT molecular complexity index is 3410. The third-order valence-corrected chi connectivity index (χ3v) is 18.8. The lowest BCUT2D eigenvalue weighted by atomic mass is 9.94. The molecule has 3 aliphatic heterocycles. The van der Waals surface area contributed by atoms with Crippen molar-refractivity contribution in [2.24, 2.45) is 13.0 Å². The van der Waals surface area contributed by atoms with Crippen LogP contribution in [0.4, 0.5) is 11.8 Å². The van der Waals surface area contributed by atoms with Gasteiger partial charge in [-0.2, -0.15) is 8.62 Å². The minimum Gasteiger partial charge on any atom is -0.387 e. The average Bonchev–Trinajstić information content (AvgIpc) is 4.16. The second-order valence-corrected chi connectivity index (χ2v) is 24.1. The van der Waals surface area contributed by atoms with E-state index in [0.717, 1.165) is 36.6 Å². The van der Waals surface area contributed by atoms with Gasteiger partial charge in [0.15, 0.2) is 30.2 Å². The van der Waals surface area contributed by atoms with Crippen LogP contribution in [0.25, 0.3) is 22.3 Å². The van der Waals surface area contributed by atoms with Crippen LogP contribution in [0.5, 0.6) is 0 Å². The van der Waals surface area contributed by atoms with E-state index in [9.17, 15) is 72.3 Å². The molecular weight excluding hydrogens is 1120 g/mol. The normalized spacial score (nSPS) is 29.8. The van der Waals surface area contributed by atoms with Crippen LogP contribution >= 0.6 is 31.1 Å². The van der Waals surface area contributed by atoms with Crippen molar-refractivity contribution in [1.82, 2.24) is 48.5 Å². The Morgan fingerprint density at radius 1 is 0.844 bits per heavy atom. The number of rotatable bonds is 21. The standard InChI is InChI=1S/C36H51N13O24P4/c1-5-45(2)20(51)8-15-16(69-32(23(15)52)49-14-46(3)22-30(49)43-35(38)44-31(22)55)9-67-75(59,60)72-77(63,64)73-76(61,62)68-11-18-27(26(65-4)34(71-18)48-13-41-21-28(37)39-12-40-29(21)48)74(57,58)66-10-17-24(53)25(54)33(70-17)47-7-6-19(50)42-36(47)56/h6-7,12-18,23-27,32-34,52-54H,5,8-11H2,1-4H3,(H9-,37,38,39,40,42,43,44,50,55,56,57,58,59,60,61,62,63,64)/p+1/t15-,16-,17-,18-,23-,24-,25-,26-,27-,32?,33-,34-/m1/s1. The molecule has 0 saturated carbocycles. The first-order valence-corrected chi connectivity index (χ1v) is 28.6. The average molecular weight is 1170 g/mol. The third-order valence-electron chi connectivity index (χ3n) is 12.6. The Labute approximate surface area is 430 Å². The van der Waals surface area contributed by atoms with Gasteiger partial charge in [0.05, 0.1) is 39.3 Å². The molecule has 0 radical (unpaired) electrons. The molecule has 41 heteroatoms. The minimum absolute atomic E-state index is 0.00791. The molecule has 0 aliphatic carbocycles. The highest BCUT2D eigenvalue weighted by atomic mass is 31.3. The van der Waals surface area contributed by atoms with Crippen molar-refractivity contribution in [1.29, 1.82) is 0 Å². The molecule has 77 heavy (non-hydrogen) atoms. The van der Waals surface area contributed by atoms with Crippen molar-refractivity contribution in [2.45, 2.75) is 80.4 Å². The summed E-state index contributed by atoms with van der Waals surface area (Å²) in [6, 6.07) is 0.923. The first-order valence-electron chi connectivity index (χ1n) is 22.5. The van der Waals surface area contributed by atoms with Crippen LogP contribution in [-0.4, -0.2) is 178 Å². The zero-order chi connectivity index (χ0) is 56.3. The molecule has 0 bridgehead atoms. The lowest BCUT2D eigenvalue weighted by Gasteiger charge is -2.28. The Morgan fingerprint density at radius 2 is 1.49 bits per heavy atom. The number of aromatic amines is 2. The quantitative estimate of drug-likeness (QED) is 0.0249. The summed E-state index contributed by atoms with van der Waals surface area (Å²) in [5.41, 5.74) is 7.15. The number of imidazole rings is 2. The van der Waals surface area contributed by atoms with E-state index >= 15 is 0 Å². The Balaban J connectivity index is 0.971. The van der Waals surface area contributed by atoms with Gasteiger partial charge in [0, 0.05) is 45.3 Å². The topological polar surface area (TPSA) is 518 Å². The van der Waals surface area contributed by atoms with Crippen LogP contribution in [0, 0.1) is 5.92 Å². The van der Waals surface area contributed by atoms with E-state index in [0.29, 0.717) is 0 Å². The van der Waals surface area contributed by atoms with Crippen molar-refractivity contribution >= 4 is 71.1 Å². The van der Waals surface area contributed by atoms with Crippen molar-refractivity contribution in [3.05, 3.63) is 62.4 Å². The van der Waals surface area contributed by atoms with Gasteiger partial charge in [0.25, 0.3) is 17.1 Å². The Morgan fingerprint density at radius 3 is 2.14 bits per heavy atom. The predicted octanol–water partition coefficient (Wildman–Crippen LogP) is -3.68. The van der Waals surface area contributed by atoms with Gasteiger partial charge in [-0.05, 0) is 6.92 Å². The summed E-state index contributed by atoms with van der Waals surface area (Å²) in [6.07, 6.45) is -12.7. The number of phosphoric acid groups is 3. The van der Waals surface area contributed by atoms with Gasteiger partial charge in [-0.15, -0.1) is 0 Å². The fourth-order valence-electron chi connectivity index (χ4n) is 8.86. The number of aryl methyl sites for hydroxylation is 1. The van der Waals surface area contributed by atoms with Gasteiger partial charge in [-0.25, -0.2) is 38.0 Å². The number of nitrogens with one attached hydrogen (secondary N) is 2. The fourth-order valence-corrected chi connectivity index (χ4v) is 14.1. The van der Waals surface area contributed by atoms with Gasteiger partial charge < -0.3 is 74.7 Å². The number of H-pyrrole nitrogens is 2. The molecule has 0 aromatic carbocycles. The number of carbonyl (C=O) groups is 1. The molecule has 3 fully saturated rings. The number of phosphoric ester groups is 2. The highest BCUT2D eigenvalue weighted by Gasteiger charge is 2.58. The SMILES string of the molecule is CCN(C)C(=O)C[C@@H]1[C@@H](COP(=O)(O)OP(=O)(O)OP(=O)(O)OC[C@H]2O[C@@H](n3cnc4c(N)ncnc43)[C@H](OC)[C@@H]2P(=O)(O)OC[C@H]2O[C@@H](n3ccc(=O)[nH]c3=O)[C@H](O)[C@@H]2O)OC([n+]2cn(C)c3c(=O)[nH]c(N)nc32)[C@@H]1O. The summed E-state index contributed by atoms with van der Waals surface area (Å²) < 4.78 is 106. The molecule has 16 atom stereocenters. The van der Waals surface area contributed by atoms with E-state index in [1.165, 1.54) is 39.0 Å². The van der Waals surface area contributed by atoms with E-state index in [2.05, 4.69) is 33.5 Å². The molecule has 8 heterocycles. The zero-order valence-electron chi connectivity index (χ0n) is 40.4. The first-order chi connectivity index (χ1) is 36.1. The number of anilines is 2. The monoisotopic (exact) mass is 1170 g/mol. The predicted molar refractivity (Wildman–Crippen MR) is 252 cm³/mol. The fraction of sp³-hybridized carbons (Fsp3) is 0.583. The molecular formula is C36H52N13O24P4+. The summed E-state index contributed by atoms with van der Waals surface area (Å²) >= 11 is 0. The zero-order valence-corrected chi connectivity index (χ0v) is 44.0. The van der Waals surface area contributed by atoms with E-state index in [4.69, 9.17) is 44.0 Å². The number of aromatic nitrogens is 10. The number of aliphatic hydroxyl groups is 3. The van der Waals surface area contributed by atoms with Crippen LogP contribution in [0.1, 0.15) is 32.0 Å². The number of nitrogens with zero attached hydrogens (tertiary/aromatic N) is 9. The maximum atomic E-state index is 14.3. The molecule has 37 nitrogen and oxygen atoms in total. The largest absolute Gasteiger partial charge is 0.490 e. The molecule has 3 aliphatic rings. The summed E-state index contributed by atoms with van der Waals surface area (Å²) in [5.74, 6) is -2.17. The van der Waals surface area contributed by atoms with Crippen LogP contribution in [-0.2, 0) is 71.2 Å². The minimum atomic E-state index is -6.25. The maximum absolute atomic E-state index is 14.3. The molecule has 8 rings (SSSR count). The van der Waals surface area contributed by atoms with Gasteiger partial charge in [-0.1, -0.05) is 4.98 Å². The van der Waals surface area contributed by atoms with Crippen molar-refractivity contribution in [3.63, 3.8) is 0 Å². The molecule has 5 unspecified atom stereocenters. The highest BCUT2D eigenvalue weighted by molar-refractivity contribution is 7.66. The van der Waals surface area contributed by atoms with Crippen molar-refractivity contribution in [3.8, 4) is 0 Å². The number of hydrogen-bond acceptors (Lipinski definition) is 26. The van der Waals surface area contributed by atoms with Gasteiger partial charge in [0.2, 0.25) is 17.7 Å². The highest BCUT2D eigenvalue weighted by Crippen LogP contribution is 2.68. The summed E-state index contributed by atoms with van der Waals surface area (Å²) in [4.78, 5) is 115. The lowest BCUT2D eigenvalue weighted by Crippen LogP contribution is -2.45. The number of fused-ring (bicyclic) bond motifs is 2. The second-order valence-electron chi connectivity index (χ2n) is 17.5. The number of carbonyl (C=O) groups excluding carboxylic acids is 1. The molecule has 0 spiro atoms. The van der Waals surface area contributed by atoms with E-state index in [1.54, 1.807) is 6.92 Å². The number of methoxy groups -OCH3 is 1. The molecule has 5 aromatic heterocycles. The second kappa shape index (κ2) is 22.2. The maximum Gasteiger partial charge on any atom is 0.490 e. The molecule has 424 valence electrons. The third kappa shape index (κ3) is 12.1. The van der Waals surface area contributed by atoms with Crippen LogP contribution in [0.3, 0.4) is 0 Å².